The first-order chi connectivity index (χ1) is 22.2. The topological polar surface area (TPSA) is 61.9 Å². The van der Waals surface area contributed by atoms with Crippen LogP contribution in [0.4, 0.5) is 14.5 Å². The van der Waals surface area contributed by atoms with Crippen LogP contribution in [0.15, 0.2) is 115 Å². The van der Waals surface area contributed by atoms with Crippen LogP contribution in [0, 0.1) is 11.6 Å². The molecule has 0 saturated carbocycles. The summed E-state index contributed by atoms with van der Waals surface area (Å²) in [6.07, 6.45) is 0.321. The molecule has 0 aliphatic rings. The molecule has 0 heterocycles. The number of benzene rings is 5. The van der Waals surface area contributed by atoms with Crippen molar-refractivity contribution in [2.24, 2.45) is 0 Å². The van der Waals surface area contributed by atoms with Crippen LogP contribution in [0.25, 0.3) is 10.8 Å². The highest BCUT2D eigenvalue weighted by molar-refractivity contribution is 5.88. The molecule has 5 rings (SSSR count). The lowest BCUT2D eigenvalue weighted by molar-refractivity contribution is -0.136. The number of halogens is 2. The molecule has 0 bridgehead atoms. The largest absolute Gasteiger partial charge is 0.497 e. The van der Waals surface area contributed by atoms with Gasteiger partial charge in [0.2, 0.25) is 11.8 Å². The summed E-state index contributed by atoms with van der Waals surface area (Å²) < 4.78 is 33.4. The van der Waals surface area contributed by atoms with Crippen molar-refractivity contribution in [1.82, 2.24) is 10.2 Å². The van der Waals surface area contributed by atoms with Crippen LogP contribution >= 0.6 is 0 Å². The fourth-order valence-corrected chi connectivity index (χ4v) is 5.57. The van der Waals surface area contributed by atoms with Gasteiger partial charge in [0.1, 0.15) is 17.4 Å². The Morgan fingerprint density at radius 1 is 0.761 bits per heavy atom. The van der Waals surface area contributed by atoms with E-state index in [1.807, 2.05) is 109 Å². The number of hydrogen-bond donors (Lipinski definition) is 1. The fraction of sp³-hybridized carbons (Fsp3) is 0.211. The second kappa shape index (κ2) is 15.2. The molecule has 0 aromatic heterocycles. The van der Waals surface area contributed by atoms with E-state index in [1.54, 1.807) is 12.0 Å². The first kappa shape index (κ1) is 32.2. The van der Waals surface area contributed by atoms with Crippen molar-refractivity contribution in [3.8, 4) is 5.75 Å². The Balaban J connectivity index is 1.34. The third-order valence-corrected chi connectivity index (χ3v) is 7.85. The van der Waals surface area contributed by atoms with E-state index in [1.165, 1.54) is 12.1 Å². The number of anilines is 1. The quantitative estimate of drug-likeness (QED) is 0.162. The van der Waals surface area contributed by atoms with Crippen LogP contribution in [0.3, 0.4) is 0 Å². The number of ether oxygens (including phenoxy) is 1. The number of rotatable bonds is 13. The summed E-state index contributed by atoms with van der Waals surface area (Å²) >= 11 is 0. The Hall–Kier alpha value is -5.24. The molecular formula is C38H37F2N3O3. The number of carbonyl (C=O) groups is 2. The fourth-order valence-electron chi connectivity index (χ4n) is 5.57. The van der Waals surface area contributed by atoms with Crippen LogP contribution in [-0.2, 0) is 29.0 Å². The van der Waals surface area contributed by atoms with E-state index in [9.17, 15) is 18.4 Å². The van der Waals surface area contributed by atoms with Crippen molar-refractivity contribution in [3.05, 3.63) is 144 Å². The summed E-state index contributed by atoms with van der Waals surface area (Å²) in [4.78, 5) is 30.8. The van der Waals surface area contributed by atoms with Crippen LogP contribution in [0.1, 0.15) is 16.7 Å². The number of methoxy groups -OCH3 is 1. The Morgan fingerprint density at radius 3 is 2.13 bits per heavy atom. The van der Waals surface area contributed by atoms with E-state index in [2.05, 4.69) is 5.32 Å². The zero-order chi connectivity index (χ0) is 32.5. The monoisotopic (exact) mass is 621 g/mol. The zero-order valence-electron chi connectivity index (χ0n) is 26.0. The van der Waals surface area contributed by atoms with Crippen LogP contribution in [0.2, 0.25) is 0 Å². The summed E-state index contributed by atoms with van der Waals surface area (Å²) in [5, 5.41) is 5.17. The maximum Gasteiger partial charge on any atom is 0.239 e. The third kappa shape index (κ3) is 8.91. The predicted molar refractivity (Wildman–Crippen MR) is 178 cm³/mol. The van der Waals surface area contributed by atoms with Crippen molar-refractivity contribution in [1.29, 1.82) is 0 Å². The molecule has 0 radical (unpaired) electrons. The van der Waals surface area contributed by atoms with Crippen LogP contribution in [-0.4, -0.2) is 50.0 Å². The van der Waals surface area contributed by atoms with Crippen LogP contribution in [0.5, 0.6) is 5.75 Å². The first-order valence-corrected chi connectivity index (χ1v) is 15.1. The average molecular weight is 622 g/mol. The van der Waals surface area contributed by atoms with E-state index in [-0.39, 0.29) is 37.7 Å². The van der Waals surface area contributed by atoms with Gasteiger partial charge in [-0.3, -0.25) is 9.59 Å². The Morgan fingerprint density at radius 2 is 1.43 bits per heavy atom. The number of amides is 2. The standard InChI is InChI=1S/C38H37F2N3O3/c1-42(35-14-16-36(46-2)17-15-35)25-34(21-29-19-32(39)23-33(40)20-29)41-37(44)26-43(24-27-8-4-3-5-9-27)38(45)22-28-12-13-30-10-6-7-11-31(30)18-28/h3-20,23,34H,21-22,24-26H2,1-2H3,(H,41,44)/t34-/m0/s1. The van der Waals surface area contributed by atoms with Gasteiger partial charge in [-0.15, -0.1) is 0 Å². The van der Waals surface area contributed by atoms with Gasteiger partial charge >= 0.3 is 0 Å². The van der Waals surface area contributed by atoms with Gasteiger partial charge < -0.3 is 19.9 Å². The summed E-state index contributed by atoms with van der Waals surface area (Å²) in [6, 6.07) is 33.7. The number of likely N-dealkylation sites (N-methyl/N-ethyl adjacent to an activating group) is 1. The van der Waals surface area contributed by atoms with Crippen molar-refractivity contribution >= 4 is 28.3 Å². The van der Waals surface area contributed by atoms with Gasteiger partial charge in [0, 0.05) is 31.9 Å². The summed E-state index contributed by atoms with van der Waals surface area (Å²) in [5.74, 6) is -1.21. The maximum atomic E-state index is 14.1. The molecule has 46 heavy (non-hydrogen) atoms. The van der Waals surface area contributed by atoms with Crippen molar-refractivity contribution in [3.63, 3.8) is 0 Å². The van der Waals surface area contributed by atoms with Gasteiger partial charge in [0.05, 0.1) is 26.1 Å². The van der Waals surface area contributed by atoms with E-state index < -0.39 is 17.7 Å². The normalized spacial score (nSPS) is 11.6. The molecule has 1 atom stereocenters. The van der Waals surface area contributed by atoms with Gasteiger partial charge in [-0.25, -0.2) is 8.78 Å². The van der Waals surface area contributed by atoms with E-state index >= 15 is 0 Å². The Kier molecular flexibility index (Phi) is 10.6. The number of nitrogens with one attached hydrogen (secondary N) is 1. The van der Waals surface area contributed by atoms with E-state index in [4.69, 9.17) is 4.74 Å². The lowest BCUT2D eigenvalue weighted by atomic mass is 10.0. The van der Waals surface area contributed by atoms with Crippen LogP contribution < -0.4 is 15.0 Å². The smallest absolute Gasteiger partial charge is 0.239 e. The molecule has 6 nitrogen and oxygen atoms in total. The molecule has 2 amide bonds. The minimum Gasteiger partial charge on any atom is -0.497 e. The molecule has 0 spiro atoms. The molecule has 0 aliphatic carbocycles. The van der Waals surface area contributed by atoms with Crippen molar-refractivity contribution in [2.75, 3.05) is 32.1 Å². The number of nitrogens with zero attached hydrogens (tertiary/aromatic N) is 2. The molecule has 0 fully saturated rings. The molecule has 236 valence electrons. The minimum atomic E-state index is -0.683. The van der Waals surface area contributed by atoms with Gasteiger partial charge in [-0.2, -0.15) is 0 Å². The second-order valence-corrected chi connectivity index (χ2v) is 11.4. The number of carbonyl (C=O) groups excluding carboxylic acids is 2. The highest BCUT2D eigenvalue weighted by Gasteiger charge is 2.22. The van der Waals surface area contributed by atoms with E-state index in [0.717, 1.165) is 33.7 Å². The van der Waals surface area contributed by atoms with E-state index in [0.29, 0.717) is 17.9 Å². The highest BCUT2D eigenvalue weighted by Crippen LogP contribution is 2.20. The predicted octanol–water partition coefficient (Wildman–Crippen LogP) is 6.56. The molecule has 5 aromatic carbocycles. The second-order valence-electron chi connectivity index (χ2n) is 11.4. The lowest BCUT2D eigenvalue weighted by Crippen LogP contribution is -2.48. The average Bonchev–Trinajstić information content (AvgIpc) is 3.04. The van der Waals surface area contributed by atoms with Crippen molar-refractivity contribution in [2.45, 2.75) is 25.4 Å². The maximum absolute atomic E-state index is 14.1. The van der Waals surface area contributed by atoms with Gasteiger partial charge in [0.25, 0.3) is 0 Å². The first-order valence-electron chi connectivity index (χ1n) is 15.1. The third-order valence-electron chi connectivity index (χ3n) is 7.85. The molecular weight excluding hydrogens is 584 g/mol. The van der Waals surface area contributed by atoms with Gasteiger partial charge in [-0.05, 0) is 70.3 Å². The molecule has 0 saturated heterocycles. The molecule has 5 aromatic rings. The molecule has 0 aliphatic heterocycles. The molecule has 8 heteroatoms. The lowest BCUT2D eigenvalue weighted by Gasteiger charge is -2.28. The molecule has 0 unspecified atom stereocenters. The molecule has 1 N–H and O–H groups in total. The Bertz CT molecular complexity index is 1760. The Labute approximate surface area is 268 Å². The number of fused-ring (bicyclic) bond motifs is 1. The summed E-state index contributed by atoms with van der Waals surface area (Å²) in [7, 11) is 3.47. The zero-order valence-corrected chi connectivity index (χ0v) is 26.0. The SMILES string of the molecule is COc1ccc(N(C)C[C@H](Cc2cc(F)cc(F)c2)NC(=O)CN(Cc2ccccc2)C(=O)Cc2ccc3ccccc3c2)cc1. The highest BCUT2D eigenvalue weighted by atomic mass is 19.1. The number of hydrogen-bond acceptors (Lipinski definition) is 4. The summed E-state index contributed by atoms with van der Waals surface area (Å²) in [6.45, 7) is 0.424. The summed E-state index contributed by atoms with van der Waals surface area (Å²) in [5.41, 5.74) is 3.05. The minimum absolute atomic E-state index is 0.136. The van der Waals surface area contributed by atoms with Gasteiger partial charge in [0.15, 0.2) is 0 Å². The van der Waals surface area contributed by atoms with Crippen molar-refractivity contribution < 1.29 is 23.1 Å². The van der Waals surface area contributed by atoms with Gasteiger partial charge in [-0.1, -0.05) is 72.8 Å².